The molecule has 4 rings (SSSR count). The molecule has 2 bridgehead atoms. The van der Waals surface area contributed by atoms with Gasteiger partial charge in [-0.25, -0.2) is 0 Å². The molecular weight excluding hydrogens is 382 g/mol. The van der Waals surface area contributed by atoms with Gasteiger partial charge in [-0.05, 0) is 36.1 Å². The lowest BCUT2D eigenvalue weighted by atomic mass is 9.83. The van der Waals surface area contributed by atoms with Crippen LogP contribution in [0.1, 0.15) is 36.4 Å². The van der Waals surface area contributed by atoms with Crippen LogP contribution in [0, 0.1) is 5.92 Å². The van der Waals surface area contributed by atoms with Crippen LogP contribution in [-0.2, 0) is 22.7 Å². The maximum Gasteiger partial charge on any atom is 0.250 e. The fourth-order valence-corrected chi connectivity index (χ4v) is 4.51. The zero-order valence-corrected chi connectivity index (χ0v) is 17.2. The summed E-state index contributed by atoms with van der Waals surface area (Å²) in [6, 6.07) is 12.9. The van der Waals surface area contributed by atoms with Gasteiger partial charge in [0.05, 0.1) is 7.11 Å². The van der Waals surface area contributed by atoms with Crippen molar-refractivity contribution in [1.82, 2.24) is 14.8 Å². The Hall–Kier alpha value is -3.09. The zero-order chi connectivity index (χ0) is 21.1. The Morgan fingerprint density at radius 2 is 1.87 bits per heavy atom. The number of fused-ring (bicyclic) bond motifs is 4. The molecule has 1 fully saturated rings. The zero-order valence-electron chi connectivity index (χ0n) is 17.2. The van der Waals surface area contributed by atoms with Gasteiger partial charge in [0.15, 0.2) is 0 Å². The van der Waals surface area contributed by atoms with Crippen LogP contribution in [-0.4, -0.2) is 41.5 Å². The number of amides is 2. The molecule has 3 heterocycles. The van der Waals surface area contributed by atoms with Crippen LogP contribution in [0.2, 0.25) is 0 Å². The molecule has 2 atom stereocenters. The predicted octanol–water partition coefficient (Wildman–Crippen LogP) is 1.90. The standard InChI is InChI=1S/C23H27N3O4/c1-30-19-7-5-16(6-8-19)12-24-21(27)9-10-22(28)25-13-17-11-18(15-25)20-3-2-4-23(29)26(20)14-17/h2-8,17-18H,9-15H2,1H3,(H,24,27)/t17-,18-/m1/s1. The number of nitrogens with zero attached hydrogens (tertiary/aromatic N) is 2. The van der Waals surface area contributed by atoms with E-state index in [9.17, 15) is 14.4 Å². The van der Waals surface area contributed by atoms with Crippen LogP contribution >= 0.6 is 0 Å². The summed E-state index contributed by atoms with van der Waals surface area (Å²) in [7, 11) is 1.61. The number of hydrogen-bond acceptors (Lipinski definition) is 4. The number of ether oxygens (including phenoxy) is 1. The average Bonchev–Trinajstić information content (AvgIpc) is 2.77. The van der Waals surface area contributed by atoms with Crippen molar-refractivity contribution < 1.29 is 14.3 Å². The van der Waals surface area contributed by atoms with Crippen LogP contribution in [0.5, 0.6) is 5.75 Å². The molecule has 2 aromatic rings. The van der Waals surface area contributed by atoms with Gasteiger partial charge in [-0.2, -0.15) is 0 Å². The van der Waals surface area contributed by atoms with Gasteiger partial charge in [0.1, 0.15) is 5.75 Å². The van der Waals surface area contributed by atoms with Gasteiger partial charge in [-0.3, -0.25) is 14.4 Å². The summed E-state index contributed by atoms with van der Waals surface area (Å²) in [5, 5.41) is 2.87. The Kier molecular flexibility index (Phi) is 5.88. The smallest absolute Gasteiger partial charge is 0.250 e. The van der Waals surface area contributed by atoms with E-state index in [1.54, 1.807) is 19.2 Å². The molecule has 2 aliphatic heterocycles. The number of likely N-dealkylation sites (tertiary alicyclic amines) is 1. The molecule has 0 aliphatic carbocycles. The van der Waals surface area contributed by atoms with Gasteiger partial charge < -0.3 is 19.5 Å². The molecule has 7 heteroatoms. The topological polar surface area (TPSA) is 80.6 Å². The number of carbonyl (C=O) groups excluding carboxylic acids is 2. The van der Waals surface area contributed by atoms with Crippen molar-refractivity contribution in [3.05, 3.63) is 64.1 Å². The van der Waals surface area contributed by atoms with E-state index in [1.165, 1.54) is 0 Å². The van der Waals surface area contributed by atoms with E-state index in [0.29, 0.717) is 32.1 Å². The van der Waals surface area contributed by atoms with Gasteiger partial charge in [0, 0.05) is 56.7 Å². The first-order chi connectivity index (χ1) is 14.5. The summed E-state index contributed by atoms with van der Waals surface area (Å²) in [4.78, 5) is 38.9. The summed E-state index contributed by atoms with van der Waals surface area (Å²) in [6.07, 6.45) is 1.39. The maximum absolute atomic E-state index is 12.7. The minimum atomic E-state index is -0.131. The van der Waals surface area contributed by atoms with E-state index >= 15 is 0 Å². The van der Waals surface area contributed by atoms with E-state index in [4.69, 9.17) is 4.74 Å². The monoisotopic (exact) mass is 409 g/mol. The number of nitrogens with one attached hydrogen (secondary N) is 1. The Bertz CT molecular complexity index is 983. The van der Waals surface area contributed by atoms with E-state index in [1.807, 2.05) is 39.8 Å². The summed E-state index contributed by atoms with van der Waals surface area (Å²) >= 11 is 0. The molecule has 0 unspecified atom stereocenters. The van der Waals surface area contributed by atoms with Crippen molar-refractivity contribution in [2.45, 2.75) is 38.3 Å². The molecular formula is C23H27N3O4. The highest BCUT2D eigenvalue weighted by Crippen LogP contribution is 2.35. The van der Waals surface area contributed by atoms with E-state index < -0.39 is 0 Å². The normalized spacial score (nSPS) is 19.7. The lowest BCUT2D eigenvalue weighted by molar-refractivity contribution is -0.136. The molecule has 0 saturated carbocycles. The first-order valence-corrected chi connectivity index (χ1v) is 10.4. The van der Waals surface area contributed by atoms with Gasteiger partial charge in [0.2, 0.25) is 11.8 Å². The number of hydrogen-bond donors (Lipinski definition) is 1. The predicted molar refractivity (Wildman–Crippen MR) is 112 cm³/mol. The number of carbonyl (C=O) groups is 2. The second kappa shape index (κ2) is 8.73. The van der Waals surface area contributed by atoms with Gasteiger partial charge in [-0.1, -0.05) is 18.2 Å². The third kappa shape index (κ3) is 4.40. The van der Waals surface area contributed by atoms with Crippen LogP contribution in [0.25, 0.3) is 0 Å². The lowest BCUT2D eigenvalue weighted by Gasteiger charge is -2.42. The molecule has 1 aromatic carbocycles. The maximum atomic E-state index is 12.7. The van der Waals surface area contributed by atoms with Crippen LogP contribution in [0.15, 0.2) is 47.3 Å². The second-order valence-electron chi connectivity index (χ2n) is 8.12. The number of pyridine rings is 1. The third-order valence-electron chi connectivity index (χ3n) is 6.05. The quantitative estimate of drug-likeness (QED) is 0.790. The SMILES string of the molecule is COc1ccc(CNC(=O)CCC(=O)N2C[C@H]3C[C@H](C2)c2cccc(=O)n2C3)cc1. The highest BCUT2D eigenvalue weighted by molar-refractivity contribution is 5.83. The minimum absolute atomic E-state index is 0.0102. The average molecular weight is 409 g/mol. The first-order valence-electron chi connectivity index (χ1n) is 10.4. The number of benzene rings is 1. The Morgan fingerprint density at radius 1 is 1.07 bits per heavy atom. The highest BCUT2D eigenvalue weighted by Gasteiger charge is 2.36. The van der Waals surface area contributed by atoms with Crippen molar-refractivity contribution in [3.63, 3.8) is 0 Å². The van der Waals surface area contributed by atoms with E-state index in [2.05, 4.69) is 5.32 Å². The summed E-state index contributed by atoms with van der Waals surface area (Å²) in [5.41, 5.74) is 2.04. The molecule has 1 saturated heterocycles. The molecule has 2 aliphatic rings. The number of aromatic nitrogens is 1. The second-order valence-corrected chi connectivity index (χ2v) is 8.12. The molecule has 0 radical (unpaired) electrons. The molecule has 2 amide bonds. The fraction of sp³-hybridized carbons (Fsp3) is 0.435. The van der Waals surface area contributed by atoms with Gasteiger partial charge in [0.25, 0.3) is 5.56 Å². The Balaban J connectivity index is 1.27. The van der Waals surface area contributed by atoms with Crippen molar-refractivity contribution >= 4 is 11.8 Å². The summed E-state index contributed by atoms with van der Waals surface area (Å²) in [5.74, 6) is 1.14. The molecule has 30 heavy (non-hydrogen) atoms. The van der Waals surface area contributed by atoms with Crippen LogP contribution in [0.4, 0.5) is 0 Å². The molecule has 1 aromatic heterocycles. The van der Waals surface area contributed by atoms with Crippen LogP contribution < -0.4 is 15.6 Å². The summed E-state index contributed by atoms with van der Waals surface area (Å²) in [6.45, 7) is 2.36. The van der Waals surface area contributed by atoms with Crippen molar-refractivity contribution in [3.8, 4) is 5.75 Å². The van der Waals surface area contributed by atoms with Crippen molar-refractivity contribution in [2.24, 2.45) is 5.92 Å². The minimum Gasteiger partial charge on any atom is -0.497 e. The van der Waals surface area contributed by atoms with Crippen LogP contribution in [0.3, 0.4) is 0 Å². The lowest BCUT2D eigenvalue weighted by Crippen LogP contribution is -2.49. The molecule has 158 valence electrons. The van der Waals surface area contributed by atoms with Gasteiger partial charge >= 0.3 is 0 Å². The summed E-state index contributed by atoms with van der Waals surface area (Å²) < 4.78 is 6.98. The van der Waals surface area contributed by atoms with E-state index in [0.717, 1.165) is 23.4 Å². The Labute approximate surface area is 175 Å². The van der Waals surface area contributed by atoms with Gasteiger partial charge in [-0.15, -0.1) is 0 Å². The number of methoxy groups -OCH3 is 1. The first kappa shape index (κ1) is 20.2. The number of rotatable bonds is 6. The number of piperidine rings is 1. The molecule has 1 N–H and O–H groups in total. The van der Waals surface area contributed by atoms with Crippen molar-refractivity contribution in [2.75, 3.05) is 20.2 Å². The largest absolute Gasteiger partial charge is 0.497 e. The molecule has 0 spiro atoms. The van der Waals surface area contributed by atoms with Crippen molar-refractivity contribution in [1.29, 1.82) is 0 Å². The van der Waals surface area contributed by atoms with E-state index in [-0.39, 0.29) is 36.1 Å². The Morgan fingerprint density at radius 3 is 2.63 bits per heavy atom. The fourth-order valence-electron chi connectivity index (χ4n) is 4.51. The third-order valence-corrected chi connectivity index (χ3v) is 6.05. The molecule has 7 nitrogen and oxygen atoms in total. The highest BCUT2D eigenvalue weighted by atomic mass is 16.5.